The van der Waals surface area contributed by atoms with Gasteiger partial charge in [0.25, 0.3) is 0 Å². The SMILES string of the molecule is CC1O[C@@H](Oc2c(-c3ccc(O)cc3)oc3cc(O[C@@H]4OC(C)[C@H](O)[C@H](O)C4O)cc(O)c3c2=O)[C@@H](O)C(O[C@@H]2OC(CO)[C@@H](O)[C@H](O)C2O)[C@H]1O. The predicted molar refractivity (Wildman–Crippen MR) is 170 cm³/mol. The van der Waals surface area contributed by atoms with Crippen molar-refractivity contribution in [3.63, 3.8) is 0 Å². The molecule has 0 amide bonds. The molecule has 2 aromatic carbocycles. The first-order valence-electron chi connectivity index (χ1n) is 16.2. The van der Waals surface area contributed by atoms with E-state index in [4.69, 9.17) is 32.8 Å². The van der Waals surface area contributed by atoms with Gasteiger partial charge in [0.05, 0.1) is 18.8 Å². The Kier molecular flexibility index (Phi) is 11.0. The normalized spacial score (nSPS) is 38.2. The smallest absolute Gasteiger partial charge is 0.239 e. The largest absolute Gasteiger partial charge is 0.508 e. The van der Waals surface area contributed by atoms with Crippen molar-refractivity contribution < 1.29 is 89.0 Å². The molecule has 0 radical (unpaired) electrons. The zero-order valence-corrected chi connectivity index (χ0v) is 27.5. The Balaban J connectivity index is 1.35. The summed E-state index contributed by atoms with van der Waals surface area (Å²) in [6, 6.07) is 7.45. The van der Waals surface area contributed by atoms with Crippen LogP contribution in [0.1, 0.15) is 13.8 Å². The molecule has 3 saturated heterocycles. The molecule has 0 spiro atoms. The molecule has 0 bridgehead atoms. The standard InChI is InChI=1S/C33H40O19/c1-10-19(37)23(41)25(43)31(46-10)48-14-7-15(36)18-16(8-14)49-28(12-3-5-13(35)6-4-12)30(22(18)40)52-33-27(45)29(20(38)11(2)47-33)51-32-26(44)24(42)21(39)17(9-34)50-32/h3-8,10-11,17,19-21,23-27,29,31-39,41-45H,9H2,1-2H3/t10?,11?,17?,19-,20-,21+,23-,24-,25?,26?,27-,29?,31-,32-,33-/m0/s1. The van der Waals surface area contributed by atoms with Gasteiger partial charge in [0.1, 0.15) is 89.3 Å². The predicted octanol–water partition coefficient (Wildman–Crippen LogP) is -2.89. The molecule has 11 N–H and O–H groups in total. The van der Waals surface area contributed by atoms with Crippen LogP contribution in [-0.4, -0.2) is 155 Å². The van der Waals surface area contributed by atoms with E-state index in [1.807, 2.05) is 0 Å². The molecule has 3 aliphatic heterocycles. The average molecular weight is 741 g/mol. The number of aromatic hydroxyl groups is 2. The number of hydrogen-bond donors (Lipinski definition) is 11. The summed E-state index contributed by atoms with van der Waals surface area (Å²) in [7, 11) is 0. The molecule has 19 heteroatoms. The molecule has 0 aliphatic carbocycles. The zero-order chi connectivity index (χ0) is 37.8. The molecule has 6 unspecified atom stereocenters. The van der Waals surface area contributed by atoms with Gasteiger partial charge in [-0.05, 0) is 38.1 Å². The molecule has 0 saturated carbocycles. The molecule has 19 nitrogen and oxygen atoms in total. The summed E-state index contributed by atoms with van der Waals surface area (Å²) in [4.78, 5) is 14.1. The van der Waals surface area contributed by atoms with Crippen molar-refractivity contribution >= 4 is 11.0 Å². The number of phenols is 2. The van der Waals surface area contributed by atoms with Crippen LogP contribution in [0.15, 0.2) is 45.6 Å². The molecule has 1 aromatic heterocycles. The van der Waals surface area contributed by atoms with Gasteiger partial charge in [-0.3, -0.25) is 4.79 Å². The summed E-state index contributed by atoms with van der Waals surface area (Å²) in [6.07, 6.45) is -23.9. The van der Waals surface area contributed by atoms with E-state index in [0.29, 0.717) is 0 Å². The lowest BCUT2D eigenvalue weighted by molar-refractivity contribution is -0.350. The minimum absolute atomic E-state index is 0.141. The molecule has 3 fully saturated rings. The van der Waals surface area contributed by atoms with Gasteiger partial charge in [-0.15, -0.1) is 0 Å². The number of aliphatic hydroxyl groups excluding tert-OH is 9. The van der Waals surface area contributed by atoms with Crippen molar-refractivity contribution in [2.45, 2.75) is 106 Å². The molecule has 3 aliphatic rings. The fourth-order valence-electron chi connectivity index (χ4n) is 6.19. The fraction of sp³-hybridized carbons (Fsp3) is 0.545. The number of ether oxygens (including phenoxy) is 6. The van der Waals surface area contributed by atoms with Crippen molar-refractivity contribution in [2.24, 2.45) is 0 Å². The van der Waals surface area contributed by atoms with E-state index < -0.39 is 121 Å². The topological polar surface area (TPSA) is 308 Å². The lowest BCUT2D eigenvalue weighted by atomic mass is 9.97. The van der Waals surface area contributed by atoms with Crippen LogP contribution < -0.4 is 14.9 Å². The summed E-state index contributed by atoms with van der Waals surface area (Å²) < 4.78 is 39.7. The second-order valence-electron chi connectivity index (χ2n) is 12.9. The fourth-order valence-corrected chi connectivity index (χ4v) is 6.19. The Morgan fingerprint density at radius 1 is 0.673 bits per heavy atom. The van der Waals surface area contributed by atoms with Crippen LogP contribution in [0.5, 0.6) is 23.0 Å². The first-order valence-corrected chi connectivity index (χ1v) is 16.2. The van der Waals surface area contributed by atoms with Crippen molar-refractivity contribution in [3.05, 3.63) is 46.6 Å². The van der Waals surface area contributed by atoms with Gasteiger partial charge in [0, 0.05) is 17.7 Å². The quantitative estimate of drug-likeness (QED) is 0.110. The van der Waals surface area contributed by atoms with E-state index in [1.165, 1.54) is 44.2 Å². The van der Waals surface area contributed by atoms with Gasteiger partial charge in [0.2, 0.25) is 23.8 Å². The summed E-state index contributed by atoms with van der Waals surface area (Å²) in [5.41, 5.74) is -1.11. The Bertz CT molecular complexity index is 1760. The highest BCUT2D eigenvalue weighted by atomic mass is 16.7. The van der Waals surface area contributed by atoms with Crippen LogP contribution in [0.25, 0.3) is 22.3 Å². The maximum absolute atomic E-state index is 14.1. The molecule has 15 atom stereocenters. The Morgan fingerprint density at radius 2 is 1.27 bits per heavy atom. The van der Waals surface area contributed by atoms with E-state index in [0.717, 1.165) is 6.07 Å². The zero-order valence-electron chi connectivity index (χ0n) is 27.5. The van der Waals surface area contributed by atoms with Crippen molar-refractivity contribution in [3.8, 4) is 34.3 Å². The highest BCUT2D eigenvalue weighted by Crippen LogP contribution is 2.39. The van der Waals surface area contributed by atoms with E-state index >= 15 is 0 Å². The maximum Gasteiger partial charge on any atom is 0.239 e. The van der Waals surface area contributed by atoms with E-state index in [1.54, 1.807) is 0 Å². The summed E-state index contributed by atoms with van der Waals surface area (Å²) in [5.74, 6) is -1.92. The maximum atomic E-state index is 14.1. The molecule has 52 heavy (non-hydrogen) atoms. The van der Waals surface area contributed by atoms with Gasteiger partial charge in [-0.2, -0.15) is 0 Å². The highest BCUT2D eigenvalue weighted by Gasteiger charge is 2.51. The van der Waals surface area contributed by atoms with Gasteiger partial charge in [-0.25, -0.2) is 0 Å². The van der Waals surface area contributed by atoms with Crippen molar-refractivity contribution in [1.29, 1.82) is 0 Å². The first-order chi connectivity index (χ1) is 24.6. The molecular weight excluding hydrogens is 700 g/mol. The van der Waals surface area contributed by atoms with Crippen LogP contribution in [0.2, 0.25) is 0 Å². The van der Waals surface area contributed by atoms with Crippen molar-refractivity contribution in [2.75, 3.05) is 6.61 Å². The van der Waals surface area contributed by atoms with Crippen LogP contribution in [0.4, 0.5) is 0 Å². The third-order valence-electron chi connectivity index (χ3n) is 9.25. The third kappa shape index (κ3) is 7.03. The second-order valence-corrected chi connectivity index (χ2v) is 12.9. The lowest BCUT2D eigenvalue weighted by Gasteiger charge is -2.45. The van der Waals surface area contributed by atoms with Crippen LogP contribution in [-0.2, 0) is 18.9 Å². The molecule has 3 aromatic rings. The Morgan fingerprint density at radius 3 is 1.92 bits per heavy atom. The van der Waals surface area contributed by atoms with Gasteiger partial charge in [-0.1, -0.05) is 0 Å². The molecule has 286 valence electrons. The Hall–Kier alpha value is -3.67. The third-order valence-corrected chi connectivity index (χ3v) is 9.25. The number of fused-ring (bicyclic) bond motifs is 1. The van der Waals surface area contributed by atoms with E-state index in [-0.39, 0.29) is 28.4 Å². The van der Waals surface area contributed by atoms with Crippen LogP contribution in [0, 0.1) is 0 Å². The summed E-state index contributed by atoms with van der Waals surface area (Å²) in [6.45, 7) is 2.05. The summed E-state index contributed by atoms with van der Waals surface area (Å²) >= 11 is 0. The summed E-state index contributed by atoms with van der Waals surface area (Å²) in [5, 5.41) is 114. The van der Waals surface area contributed by atoms with Gasteiger partial charge in [0.15, 0.2) is 12.1 Å². The van der Waals surface area contributed by atoms with Gasteiger partial charge < -0.3 is 89.0 Å². The van der Waals surface area contributed by atoms with Crippen LogP contribution in [0.3, 0.4) is 0 Å². The number of benzene rings is 2. The number of aliphatic hydroxyl groups is 9. The van der Waals surface area contributed by atoms with Crippen molar-refractivity contribution in [1.82, 2.24) is 0 Å². The minimum atomic E-state index is -1.94. The number of phenolic OH excluding ortho intramolecular Hbond substituents is 2. The van der Waals surface area contributed by atoms with Crippen LogP contribution >= 0.6 is 0 Å². The minimum Gasteiger partial charge on any atom is -0.508 e. The monoisotopic (exact) mass is 740 g/mol. The second kappa shape index (κ2) is 15.0. The molecular formula is C33H40O19. The van der Waals surface area contributed by atoms with Gasteiger partial charge >= 0.3 is 0 Å². The highest BCUT2D eigenvalue weighted by molar-refractivity contribution is 5.88. The molecule has 6 rings (SSSR count). The Labute approximate surface area is 293 Å². The number of rotatable bonds is 8. The lowest BCUT2D eigenvalue weighted by Crippen LogP contribution is -2.64. The average Bonchev–Trinajstić information content (AvgIpc) is 3.11. The van der Waals surface area contributed by atoms with E-state index in [2.05, 4.69) is 0 Å². The number of hydrogen-bond acceptors (Lipinski definition) is 19. The molecule has 4 heterocycles. The van der Waals surface area contributed by atoms with E-state index in [9.17, 15) is 61.0 Å². The first kappa shape index (κ1) is 38.1.